The molecule has 1 N–H and O–H groups in total. The number of hydrogen-bond acceptors (Lipinski definition) is 5. The highest BCUT2D eigenvalue weighted by Crippen LogP contribution is 2.34. The highest BCUT2D eigenvalue weighted by Gasteiger charge is 2.41. The number of fused-ring (bicyclic) bond motifs is 1. The minimum absolute atomic E-state index is 0.0707. The summed E-state index contributed by atoms with van der Waals surface area (Å²) in [5, 5.41) is 10.7. The number of methoxy groups -OCH3 is 1. The first kappa shape index (κ1) is 18.7. The number of rotatable bonds is 2. The Morgan fingerprint density at radius 1 is 1.15 bits per heavy atom. The number of aliphatic hydroxyl groups excluding tert-OH is 1. The molecule has 6 nitrogen and oxygen atoms in total. The van der Waals surface area contributed by atoms with E-state index in [4.69, 9.17) is 9.47 Å². The highest BCUT2D eigenvalue weighted by atomic mass is 19.1. The third-order valence-corrected chi connectivity index (χ3v) is 4.28. The molecule has 7 heteroatoms. The fraction of sp³-hybridized carbons (Fsp3) is 0.250. The Hall–Kier alpha value is -3.06. The molecule has 0 radical (unpaired) electrons. The Morgan fingerprint density at radius 2 is 1.78 bits per heavy atom. The molecule has 0 spiro atoms. The molecule has 1 heterocycles. The molecule has 3 rings (SSSR count). The van der Waals surface area contributed by atoms with Gasteiger partial charge in [0.15, 0.2) is 0 Å². The Bertz CT molecular complexity index is 934. The van der Waals surface area contributed by atoms with Crippen molar-refractivity contribution in [1.29, 1.82) is 0 Å². The summed E-state index contributed by atoms with van der Waals surface area (Å²) in [6.45, 7) is 3.32. The first-order chi connectivity index (χ1) is 12.7. The first-order valence-corrected chi connectivity index (χ1v) is 8.21. The van der Waals surface area contributed by atoms with Crippen LogP contribution in [-0.4, -0.2) is 41.5 Å². The van der Waals surface area contributed by atoms with E-state index in [2.05, 4.69) is 4.99 Å². The topological polar surface area (TPSA) is 85.2 Å². The van der Waals surface area contributed by atoms with Crippen LogP contribution in [0.25, 0.3) is 0 Å². The largest absolute Gasteiger partial charge is 0.484 e. The van der Waals surface area contributed by atoms with Gasteiger partial charge in [0.2, 0.25) is 0 Å². The fourth-order valence-corrected chi connectivity index (χ4v) is 2.77. The van der Waals surface area contributed by atoms with Gasteiger partial charge < -0.3 is 14.6 Å². The normalized spacial score (nSPS) is 19.1. The summed E-state index contributed by atoms with van der Waals surface area (Å²) < 4.78 is 23.6. The zero-order valence-corrected chi connectivity index (χ0v) is 15.0. The predicted molar refractivity (Wildman–Crippen MR) is 95.8 cm³/mol. The van der Waals surface area contributed by atoms with Gasteiger partial charge in [-0.1, -0.05) is 0 Å². The quantitative estimate of drug-likeness (QED) is 0.821. The number of carbonyl (C=O) groups excluding carboxylic acids is 2. The van der Waals surface area contributed by atoms with E-state index in [1.54, 1.807) is 19.9 Å². The second kappa shape index (κ2) is 6.92. The van der Waals surface area contributed by atoms with Gasteiger partial charge in [-0.2, -0.15) is 0 Å². The summed E-state index contributed by atoms with van der Waals surface area (Å²) in [5.74, 6) is -1.30. The van der Waals surface area contributed by atoms with Crippen molar-refractivity contribution in [3.8, 4) is 5.75 Å². The molecule has 0 aliphatic carbocycles. The van der Waals surface area contributed by atoms with Crippen LogP contribution in [0.1, 0.15) is 40.1 Å². The number of nitrogens with zero attached hydrogens (tertiary/aromatic N) is 1. The van der Waals surface area contributed by atoms with Crippen molar-refractivity contribution in [1.82, 2.24) is 0 Å². The average molecular weight is 371 g/mol. The van der Waals surface area contributed by atoms with Crippen molar-refractivity contribution in [3.63, 3.8) is 0 Å². The van der Waals surface area contributed by atoms with Gasteiger partial charge in [-0.15, -0.1) is 0 Å². The van der Waals surface area contributed by atoms with Crippen molar-refractivity contribution in [2.75, 3.05) is 7.11 Å². The number of ether oxygens (including phenoxy) is 2. The molecule has 2 aromatic carbocycles. The molecule has 1 aliphatic heterocycles. The summed E-state index contributed by atoms with van der Waals surface area (Å²) in [6.07, 6.45) is -1.22. The number of carbonyl (C=O) groups is 2. The van der Waals surface area contributed by atoms with Crippen molar-refractivity contribution in [2.24, 2.45) is 4.99 Å². The molecular weight excluding hydrogens is 353 g/mol. The number of hydrogen-bond donors (Lipinski definition) is 1. The number of aliphatic imine (C=N–C) groups is 1. The number of benzene rings is 2. The van der Waals surface area contributed by atoms with Gasteiger partial charge in [0, 0.05) is 11.1 Å². The minimum atomic E-state index is -1.22. The fourth-order valence-electron chi connectivity index (χ4n) is 2.77. The standard InChI is InChI=1S/C20H18FNO5/c1-20(2)17(23)16(22-18(24)11-4-7-13(21)8-5-11)14-10-12(19(25)26-3)6-9-15(14)27-20/h4-10,17,23H,1-3H3. The smallest absolute Gasteiger partial charge is 0.337 e. The van der Waals surface area contributed by atoms with Crippen LogP contribution in [0, 0.1) is 5.82 Å². The van der Waals surface area contributed by atoms with E-state index in [1.807, 2.05) is 0 Å². The molecule has 1 aliphatic rings. The molecule has 27 heavy (non-hydrogen) atoms. The molecule has 0 aromatic heterocycles. The van der Waals surface area contributed by atoms with Crippen molar-refractivity contribution < 1.29 is 28.6 Å². The van der Waals surface area contributed by atoms with E-state index in [9.17, 15) is 19.1 Å². The highest BCUT2D eigenvalue weighted by molar-refractivity contribution is 6.15. The summed E-state index contributed by atoms with van der Waals surface area (Å²) in [4.78, 5) is 28.4. The third-order valence-electron chi connectivity index (χ3n) is 4.28. The number of halogens is 1. The zero-order chi connectivity index (χ0) is 19.8. The van der Waals surface area contributed by atoms with Gasteiger partial charge in [-0.25, -0.2) is 14.2 Å². The summed E-state index contributed by atoms with van der Waals surface area (Å²) in [7, 11) is 1.25. The van der Waals surface area contributed by atoms with Crippen LogP contribution in [0.4, 0.5) is 4.39 Å². The molecule has 1 amide bonds. The van der Waals surface area contributed by atoms with Gasteiger partial charge in [-0.3, -0.25) is 4.79 Å². The van der Waals surface area contributed by atoms with Crippen molar-refractivity contribution >= 4 is 17.6 Å². The SMILES string of the molecule is COC(=O)c1ccc2c(c1)C(=NC(=O)c1ccc(F)cc1)C(O)C(C)(C)O2. The van der Waals surface area contributed by atoms with Gasteiger partial charge in [0.25, 0.3) is 5.91 Å². The molecule has 0 bridgehead atoms. The molecular formula is C20H18FNO5. The van der Waals surface area contributed by atoms with Crippen LogP contribution in [0.2, 0.25) is 0 Å². The lowest BCUT2D eigenvalue weighted by Crippen LogP contribution is -2.50. The summed E-state index contributed by atoms with van der Waals surface area (Å²) >= 11 is 0. The van der Waals surface area contributed by atoms with E-state index < -0.39 is 29.4 Å². The third kappa shape index (κ3) is 3.59. The van der Waals surface area contributed by atoms with E-state index in [0.29, 0.717) is 11.3 Å². The molecule has 1 unspecified atom stereocenters. The molecule has 0 fully saturated rings. The van der Waals surface area contributed by atoms with Gasteiger partial charge in [-0.05, 0) is 56.3 Å². The Balaban J connectivity index is 2.11. The minimum Gasteiger partial charge on any atom is -0.484 e. The lowest BCUT2D eigenvalue weighted by molar-refractivity contribution is 0.00214. The molecule has 0 saturated carbocycles. The maximum atomic E-state index is 13.1. The summed E-state index contributed by atoms with van der Waals surface area (Å²) in [5.41, 5.74) is -0.247. The maximum absolute atomic E-state index is 13.1. The zero-order valence-electron chi connectivity index (χ0n) is 15.0. The predicted octanol–water partition coefficient (Wildman–Crippen LogP) is 2.77. The molecule has 140 valence electrons. The first-order valence-electron chi connectivity index (χ1n) is 8.21. The number of esters is 1. The number of aliphatic hydroxyl groups is 1. The maximum Gasteiger partial charge on any atom is 0.337 e. The molecule has 0 saturated heterocycles. The van der Waals surface area contributed by atoms with E-state index in [1.165, 1.54) is 31.4 Å². The Kier molecular flexibility index (Phi) is 4.80. The van der Waals surface area contributed by atoms with Gasteiger partial charge in [0.05, 0.1) is 18.4 Å². The van der Waals surface area contributed by atoms with E-state index >= 15 is 0 Å². The lowest BCUT2D eigenvalue weighted by Gasteiger charge is -2.37. The van der Waals surface area contributed by atoms with Crippen molar-refractivity contribution in [3.05, 3.63) is 65.0 Å². The van der Waals surface area contributed by atoms with Crippen LogP contribution < -0.4 is 4.74 Å². The second-order valence-corrected chi connectivity index (χ2v) is 6.62. The monoisotopic (exact) mass is 371 g/mol. The summed E-state index contributed by atoms with van der Waals surface area (Å²) in [6, 6.07) is 9.47. The van der Waals surface area contributed by atoms with E-state index in [0.717, 1.165) is 12.1 Å². The van der Waals surface area contributed by atoms with Crippen LogP contribution in [0.5, 0.6) is 5.75 Å². The van der Waals surface area contributed by atoms with Crippen LogP contribution in [-0.2, 0) is 4.74 Å². The number of amides is 1. The Labute approximate surface area is 155 Å². The van der Waals surface area contributed by atoms with Gasteiger partial charge >= 0.3 is 5.97 Å². The average Bonchev–Trinajstić information content (AvgIpc) is 2.64. The second-order valence-electron chi connectivity index (χ2n) is 6.62. The lowest BCUT2D eigenvalue weighted by atomic mass is 9.88. The van der Waals surface area contributed by atoms with E-state index in [-0.39, 0.29) is 16.8 Å². The van der Waals surface area contributed by atoms with Gasteiger partial charge in [0.1, 0.15) is 23.3 Å². The molecule has 1 atom stereocenters. The Morgan fingerprint density at radius 3 is 2.41 bits per heavy atom. The molecule has 2 aromatic rings. The van der Waals surface area contributed by atoms with Crippen LogP contribution in [0.3, 0.4) is 0 Å². The van der Waals surface area contributed by atoms with Crippen LogP contribution in [0.15, 0.2) is 47.5 Å². The van der Waals surface area contributed by atoms with Crippen LogP contribution >= 0.6 is 0 Å². The van der Waals surface area contributed by atoms with Crippen molar-refractivity contribution in [2.45, 2.75) is 25.6 Å².